The summed E-state index contributed by atoms with van der Waals surface area (Å²) in [6.07, 6.45) is 3.99. The molecule has 0 atom stereocenters. The molecule has 0 fully saturated rings. The van der Waals surface area contributed by atoms with Crippen LogP contribution in [-0.4, -0.2) is 49.7 Å². The van der Waals surface area contributed by atoms with Crippen LogP contribution in [0.3, 0.4) is 0 Å². The number of benzene rings is 1. The Bertz CT molecular complexity index is 616. The smallest absolute Gasteiger partial charge is 0.338 e. The summed E-state index contributed by atoms with van der Waals surface area (Å²) in [5.41, 5.74) is 0.311. The van der Waals surface area contributed by atoms with Gasteiger partial charge in [0.2, 0.25) is 0 Å². The lowest BCUT2D eigenvalue weighted by Crippen LogP contribution is -2.35. The van der Waals surface area contributed by atoms with Crippen LogP contribution in [0.25, 0.3) is 0 Å². The molecule has 128 valence electrons. The van der Waals surface area contributed by atoms with E-state index in [1.807, 2.05) is 0 Å². The summed E-state index contributed by atoms with van der Waals surface area (Å²) in [6.45, 7) is 8.69. The first-order valence-corrected chi connectivity index (χ1v) is 7.72. The Hall–Kier alpha value is -2.76. The number of carbonyl (C=O) groups is 2. The molecular weight excluding hydrogens is 310 g/mol. The van der Waals surface area contributed by atoms with E-state index in [0.717, 1.165) is 6.42 Å². The monoisotopic (exact) mass is 331 g/mol. The van der Waals surface area contributed by atoms with Gasteiger partial charge in [0.15, 0.2) is 18.1 Å². The molecule has 1 aromatic rings. The van der Waals surface area contributed by atoms with Crippen LogP contribution in [0.2, 0.25) is 0 Å². The number of hydrogen-bond acceptors (Lipinski definition) is 5. The van der Waals surface area contributed by atoms with Gasteiger partial charge in [-0.15, -0.1) is 13.2 Å². The molecule has 0 N–H and O–H groups in total. The van der Waals surface area contributed by atoms with E-state index in [4.69, 9.17) is 14.2 Å². The number of rotatable bonds is 7. The Morgan fingerprint density at radius 3 is 2.46 bits per heavy atom. The lowest BCUT2D eigenvalue weighted by molar-refractivity contribution is -0.133. The van der Waals surface area contributed by atoms with Crippen molar-refractivity contribution < 1.29 is 23.8 Å². The minimum absolute atomic E-state index is 0.308. The highest BCUT2D eigenvalue weighted by Crippen LogP contribution is 2.30. The van der Waals surface area contributed by atoms with E-state index in [2.05, 4.69) is 13.2 Å². The second-order valence-electron chi connectivity index (χ2n) is 5.16. The van der Waals surface area contributed by atoms with Gasteiger partial charge in [-0.05, 0) is 18.2 Å². The van der Waals surface area contributed by atoms with Gasteiger partial charge in [0.05, 0.1) is 18.8 Å². The van der Waals surface area contributed by atoms with Gasteiger partial charge < -0.3 is 19.1 Å². The van der Waals surface area contributed by atoms with Crippen LogP contribution in [0.5, 0.6) is 11.5 Å². The second kappa shape index (κ2) is 8.76. The minimum Gasteiger partial charge on any atom is -0.490 e. The molecule has 24 heavy (non-hydrogen) atoms. The third kappa shape index (κ3) is 4.62. The number of carbonyl (C=O) groups excluding carboxylic acids is 2. The molecule has 6 heteroatoms. The SMILES string of the molecule is C=CCN(CC=C)C(=O)COC(=O)c1ccc2c(c1)OCCCO2. The van der Waals surface area contributed by atoms with Gasteiger partial charge in [-0.2, -0.15) is 0 Å². The van der Waals surface area contributed by atoms with Gasteiger partial charge in [-0.25, -0.2) is 4.79 Å². The average Bonchev–Trinajstić information content (AvgIpc) is 2.83. The van der Waals surface area contributed by atoms with E-state index < -0.39 is 5.97 Å². The lowest BCUT2D eigenvalue weighted by atomic mass is 10.2. The summed E-state index contributed by atoms with van der Waals surface area (Å²) in [6, 6.07) is 4.82. The summed E-state index contributed by atoms with van der Waals surface area (Å²) in [5.74, 6) is 0.213. The van der Waals surface area contributed by atoms with E-state index in [-0.39, 0.29) is 12.5 Å². The highest BCUT2D eigenvalue weighted by molar-refractivity contribution is 5.92. The quantitative estimate of drug-likeness (QED) is 0.566. The Morgan fingerprint density at radius 2 is 1.79 bits per heavy atom. The molecule has 0 aromatic heterocycles. The molecule has 0 unspecified atom stereocenters. The maximum Gasteiger partial charge on any atom is 0.338 e. The maximum atomic E-state index is 12.1. The first-order valence-electron chi connectivity index (χ1n) is 7.72. The molecule has 1 aromatic carbocycles. The van der Waals surface area contributed by atoms with Crippen molar-refractivity contribution in [3.63, 3.8) is 0 Å². The molecule has 0 aliphatic carbocycles. The predicted molar refractivity (Wildman–Crippen MR) is 89.3 cm³/mol. The molecule has 0 saturated carbocycles. The summed E-state index contributed by atoms with van der Waals surface area (Å²) in [5, 5.41) is 0. The molecule has 1 aliphatic rings. The van der Waals surface area contributed by atoms with Crippen LogP contribution in [0.1, 0.15) is 16.8 Å². The number of esters is 1. The van der Waals surface area contributed by atoms with Crippen LogP contribution in [-0.2, 0) is 9.53 Å². The van der Waals surface area contributed by atoms with Crippen molar-refractivity contribution in [2.24, 2.45) is 0 Å². The first kappa shape index (κ1) is 17.6. The van der Waals surface area contributed by atoms with Gasteiger partial charge in [0, 0.05) is 19.5 Å². The molecule has 1 aliphatic heterocycles. The Balaban J connectivity index is 1.97. The molecule has 0 radical (unpaired) electrons. The molecule has 0 bridgehead atoms. The van der Waals surface area contributed by atoms with E-state index >= 15 is 0 Å². The van der Waals surface area contributed by atoms with Crippen molar-refractivity contribution in [1.82, 2.24) is 4.90 Å². The number of fused-ring (bicyclic) bond motifs is 1. The van der Waals surface area contributed by atoms with Gasteiger partial charge in [-0.3, -0.25) is 4.79 Å². The highest BCUT2D eigenvalue weighted by atomic mass is 16.5. The van der Waals surface area contributed by atoms with Crippen LogP contribution < -0.4 is 9.47 Å². The average molecular weight is 331 g/mol. The molecule has 1 heterocycles. The van der Waals surface area contributed by atoms with Gasteiger partial charge in [0.25, 0.3) is 5.91 Å². The van der Waals surface area contributed by atoms with E-state index in [0.29, 0.717) is 43.4 Å². The van der Waals surface area contributed by atoms with Gasteiger partial charge in [0.1, 0.15) is 0 Å². The van der Waals surface area contributed by atoms with Crippen LogP contribution in [0.15, 0.2) is 43.5 Å². The largest absolute Gasteiger partial charge is 0.490 e. The van der Waals surface area contributed by atoms with Crippen LogP contribution in [0.4, 0.5) is 0 Å². The van der Waals surface area contributed by atoms with Crippen molar-refractivity contribution in [3.05, 3.63) is 49.1 Å². The third-order valence-electron chi connectivity index (χ3n) is 3.36. The molecule has 1 amide bonds. The Kier molecular flexibility index (Phi) is 6.42. The van der Waals surface area contributed by atoms with Gasteiger partial charge in [-0.1, -0.05) is 12.2 Å². The van der Waals surface area contributed by atoms with Crippen molar-refractivity contribution in [3.8, 4) is 11.5 Å². The second-order valence-corrected chi connectivity index (χ2v) is 5.16. The van der Waals surface area contributed by atoms with E-state index in [9.17, 15) is 9.59 Å². The highest BCUT2D eigenvalue weighted by Gasteiger charge is 2.17. The molecule has 2 rings (SSSR count). The summed E-state index contributed by atoms with van der Waals surface area (Å²) < 4.78 is 16.1. The number of amides is 1. The standard InChI is InChI=1S/C18H21NO5/c1-3-8-19(9-4-2)17(20)13-24-18(21)14-6-7-15-16(12-14)23-11-5-10-22-15/h3-4,6-7,12H,1-2,5,8-11,13H2. The zero-order valence-electron chi connectivity index (χ0n) is 13.5. The predicted octanol–water partition coefficient (Wildman–Crippen LogP) is 2.21. The zero-order chi connectivity index (χ0) is 17.4. The van der Waals surface area contributed by atoms with E-state index in [1.165, 1.54) is 4.90 Å². The Labute approximate surface area is 141 Å². The number of ether oxygens (including phenoxy) is 3. The topological polar surface area (TPSA) is 65.1 Å². The fourth-order valence-corrected chi connectivity index (χ4v) is 2.18. The van der Waals surface area contributed by atoms with E-state index in [1.54, 1.807) is 30.4 Å². The van der Waals surface area contributed by atoms with Crippen molar-refractivity contribution in [2.75, 3.05) is 32.9 Å². The summed E-state index contributed by atoms with van der Waals surface area (Å²) in [7, 11) is 0. The normalized spacial score (nSPS) is 12.7. The number of nitrogens with zero attached hydrogens (tertiary/aromatic N) is 1. The van der Waals surface area contributed by atoms with Gasteiger partial charge >= 0.3 is 5.97 Å². The Morgan fingerprint density at radius 1 is 1.12 bits per heavy atom. The minimum atomic E-state index is -0.587. The lowest BCUT2D eigenvalue weighted by Gasteiger charge is -2.19. The van der Waals surface area contributed by atoms with Crippen molar-refractivity contribution in [1.29, 1.82) is 0 Å². The van der Waals surface area contributed by atoms with Crippen LogP contribution >= 0.6 is 0 Å². The number of hydrogen-bond donors (Lipinski definition) is 0. The summed E-state index contributed by atoms with van der Waals surface area (Å²) >= 11 is 0. The maximum absolute atomic E-state index is 12.1. The van der Waals surface area contributed by atoms with Crippen molar-refractivity contribution in [2.45, 2.75) is 6.42 Å². The van der Waals surface area contributed by atoms with Crippen molar-refractivity contribution >= 4 is 11.9 Å². The zero-order valence-corrected chi connectivity index (χ0v) is 13.5. The fraction of sp³-hybridized carbons (Fsp3) is 0.333. The molecular formula is C18H21NO5. The first-order chi connectivity index (χ1) is 11.7. The molecule has 6 nitrogen and oxygen atoms in total. The summed E-state index contributed by atoms with van der Waals surface area (Å²) in [4.78, 5) is 25.7. The molecule has 0 saturated heterocycles. The third-order valence-corrected chi connectivity index (χ3v) is 3.36. The molecule has 0 spiro atoms. The fourth-order valence-electron chi connectivity index (χ4n) is 2.18. The van der Waals surface area contributed by atoms with Crippen LogP contribution in [0, 0.1) is 0 Å².